The Morgan fingerprint density at radius 1 is 1.14 bits per heavy atom. The number of H-pyrrole nitrogens is 1. The lowest BCUT2D eigenvalue weighted by atomic mass is 10.1. The molecule has 2 heterocycles. The Labute approximate surface area is 128 Å². The molecule has 0 unspecified atom stereocenters. The van der Waals surface area contributed by atoms with Crippen LogP contribution >= 0.6 is 0 Å². The third-order valence-corrected chi connectivity index (χ3v) is 3.22. The molecule has 0 amide bonds. The molecular formula is C16H17N5O. The van der Waals surface area contributed by atoms with Gasteiger partial charge in [0, 0.05) is 11.8 Å². The lowest BCUT2D eigenvalue weighted by Gasteiger charge is -2.06. The lowest BCUT2D eigenvalue weighted by Crippen LogP contribution is -1.98. The zero-order valence-corrected chi connectivity index (χ0v) is 12.5. The zero-order chi connectivity index (χ0) is 15.4. The number of aromatic amines is 1. The first-order valence-corrected chi connectivity index (χ1v) is 6.96. The standard InChI is InChI=1S/C16H17N5O/c1-11-6-15(21-19-11)18-16-9-13(10-17-20-16)7-12-4-3-5-14(8-12)22-2/h3-6,8-10H,7H2,1-2H3,(H2,18,19,20,21). The first-order chi connectivity index (χ1) is 10.7. The minimum Gasteiger partial charge on any atom is -0.497 e. The summed E-state index contributed by atoms with van der Waals surface area (Å²) in [5.74, 6) is 2.25. The third kappa shape index (κ3) is 3.41. The highest BCUT2D eigenvalue weighted by Crippen LogP contribution is 2.18. The molecule has 22 heavy (non-hydrogen) atoms. The van der Waals surface area contributed by atoms with Gasteiger partial charge in [-0.15, -0.1) is 5.10 Å². The summed E-state index contributed by atoms with van der Waals surface area (Å²) < 4.78 is 5.25. The van der Waals surface area contributed by atoms with Crippen LogP contribution in [-0.4, -0.2) is 27.5 Å². The van der Waals surface area contributed by atoms with Crippen LogP contribution < -0.4 is 10.1 Å². The van der Waals surface area contributed by atoms with Crippen molar-refractivity contribution in [3.05, 3.63) is 59.4 Å². The minimum atomic E-state index is 0.673. The normalized spacial score (nSPS) is 10.5. The minimum absolute atomic E-state index is 0.673. The second-order valence-electron chi connectivity index (χ2n) is 5.04. The number of nitrogens with zero attached hydrogens (tertiary/aromatic N) is 3. The molecule has 0 aliphatic carbocycles. The number of ether oxygens (including phenoxy) is 1. The van der Waals surface area contributed by atoms with Gasteiger partial charge in [0.25, 0.3) is 0 Å². The number of aromatic nitrogens is 4. The van der Waals surface area contributed by atoms with Crippen LogP contribution in [0, 0.1) is 6.92 Å². The monoisotopic (exact) mass is 295 g/mol. The highest BCUT2D eigenvalue weighted by molar-refractivity contribution is 5.52. The molecule has 2 aromatic heterocycles. The molecule has 2 N–H and O–H groups in total. The SMILES string of the molecule is COc1cccc(Cc2cnnc(Nc3cc(C)[nH]n3)c2)c1. The van der Waals surface area contributed by atoms with Crippen LogP contribution in [0.5, 0.6) is 5.75 Å². The van der Waals surface area contributed by atoms with E-state index in [9.17, 15) is 0 Å². The second kappa shape index (κ2) is 6.26. The van der Waals surface area contributed by atoms with E-state index in [0.29, 0.717) is 5.82 Å². The molecule has 0 saturated carbocycles. The quantitative estimate of drug-likeness (QED) is 0.757. The van der Waals surface area contributed by atoms with E-state index < -0.39 is 0 Å². The van der Waals surface area contributed by atoms with Crippen molar-refractivity contribution in [2.45, 2.75) is 13.3 Å². The van der Waals surface area contributed by atoms with E-state index in [2.05, 4.69) is 31.8 Å². The van der Waals surface area contributed by atoms with E-state index in [-0.39, 0.29) is 0 Å². The smallest absolute Gasteiger partial charge is 0.154 e. The van der Waals surface area contributed by atoms with E-state index >= 15 is 0 Å². The van der Waals surface area contributed by atoms with Gasteiger partial charge in [0.1, 0.15) is 5.75 Å². The number of anilines is 2. The molecule has 0 bridgehead atoms. The van der Waals surface area contributed by atoms with Crippen molar-refractivity contribution in [1.29, 1.82) is 0 Å². The molecule has 6 nitrogen and oxygen atoms in total. The Bertz CT molecular complexity index is 768. The third-order valence-electron chi connectivity index (χ3n) is 3.22. The lowest BCUT2D eigenvalue weighted by molar-refractivity contribution is 0.414. The topological polar surface area (TPSA) is 75.7 Å². The maximum atomic E-state index is 5.25. The van der Waals surface area contributed by atoms with Crippen molar-refractivity contribution >= 4 is 11.6 Å². The van der Waals surface area contributed by atoms with Gasteiger partial charge in [0.05, 0.1) is 13.3 Å². The van der Waals surface area contributed by atoms with Gasteiger partial charge in [-0.05, 0) is 42.7 Å². The molecule has 0 aliphatic rings. The number of rotatable bonds is 5. The Morgan fingerprint density at radius 2 is 2.05 bits per heavy atom. The van der Waals surface area contributed by atoms with E-state index in [1.807, 2.05) is 37.3 Å². The van der Waals surface area contributed by atoms with Gasteiger partial charge in [-0.25, -0.2) is 0 Å². The Kier molecular flexibility index (Phi) is 4.00. The molecule has 0 atom stereocenters. The van der Waals surface area contributed by atoms with E-state index in [4.69, 9.17) is 4.74 Å². The van der Waals surface area contributed by atoms with Gasteiger partial charge < -0.3 is 10.1 Å². The predicted molar refractivity (Wildman–Crippen MR) is 84.4 cm³/mol. The van der Waals surface area contributed by atoms with Crippen molar-refractivity contribution < 1.29 is 4.74 Å². The van der Waals surface area contributed by atoms with Crippen LogP contribution in [0.3, 0.4) is 0 Å². The van der Waals surface area contributed by atoms with Crippen LogP contribution in [-0.2, 0) is 6.42 Å². The van der Waals surface area contributed by atoms with Gasteiger partial charge in [-0.2, -0.15) is 10.2 Å². The number of hydrogen-bond acceptors (Lipinski definition) is 5. The molecule has 0 fully saturated rings. The van der Waals surface area contributed by atoms with E-state index in [1.165, 1.54) is 0 Å². The Balaban J connectivity index is 1.75. The van der Waals surface area contributed by atoms with Crippen LogP contribution in [0.4, 0.5) is 11.6 Å². The molecule has 0 radical (unpaired) electrons. The first kappa shape index (κ1) is 14.1. The van der Waals surface area contributed by atoms with E-state index in [1.54, 1.807) is 13.3 Å². The summed E-state index contributed by atoms with van der Waals surface area (Å²) in [5.41, 5.74) is 3.22. The maximum Gasteiger partial charge on any atom is 0.154 e. The van der Waals surface area contributed by atoms with Gasteiger partial charge in [0.15, 0.2) is 11.6 Å². The first-order valence-electron chi connectivity index (χ1n) is 6.96. The fourth-order valence-electron chi connectivity index (χ4n) is 2.20. The average Bonchev–Trinajstić information content (AvgIpc) is 2.93. The summed E-state index contributed by atoms with van der Waals surface area (Å²) in [5, 5.41) is 18.3. The number of nitrogens with one attached hydrogen (secondary N) is 2. The number of hydrogen-bond donors (Lipinski definition) is 2. The number of methoxy groups -OCH3 is 1. The van der Waals surface area contributed by atoms with Crippen molar-refractivity contribution in [3.63, 3.8) is 0 Å². The fourth-order valence-corrected chi connectivity index (χ4v) is 2.20. The Hall–Kier alpha value is -2.89. The summed E-state index contributed by atoms with van der Waals surface area (Å²) in [7, 11) is 1.67. The summed E-state index contributed by atoms with van der Waals surface area (Å²) in [6, 6.07) is 11.9. The Morgan fingerprint density at radius 3 is 2.82 bits per heavy atom. The summed E-state index contributed by atoms with van der Waals surface area (Å²) in [6.07, 6.45) is 2.53. The molecule has 3 rings (SSSR count). The van der Waals surface area contributed by atoms with Crippen molar-refractivity contribution in [3.8, 4) is 5.75 Å². The molecule has 0 saturated heterocycles. The van der Waals surface area contributed by atoms with Crippen LogP contribution in [0.1, 0.15) is 16.8 Å². The van der Waals surface area contributed by atoms with Gasteiger partial charge in [-0.1, -0.05) is 12.1 Å². The number of benzene rings is 1. The van der Waals surface area contributed by atoms with Gasteiger partial charge in [-0.3, -0.25) is 5.10 Å². The highest BCUT2D eigenvalue weighted by Gasteiger charge is 2.04. The van der Waals surface area contributed by atoms with Crippen molar-refractivity contribution in [2.24, 2.45) is 0 Å². The molecule has 112 valence electrons. The molecule has 6 heteroatoms. The number of aryl methyl sites for hydroxylation is 1. The average molecular weight is 295 g/mol. The predicted octanol–water partition coefficient (Wildman–Crippen LogP) is 2.85. The maximum absolute atomic E-state index is 5.25. The van der Waals surface area contributed by atoms with E-state index in [0.717, 1.165) is 34.8 Å². The van der Waals surface area contributed by atoms with Crippen LogP contribution in [0.2, 0.25) is 0 Å². The largest absolute Gasteiger partial charge is 0.497 e. The molecule has 3 aromatic rings. The second-order valence-corrected chi connectivity index (χ2v) is 5.04. The van der Waals surface area contributed by atoms with Crippen molar-refractivity contribution in [2.75, 3.05) is 12.4 Å². The summed E-state index contributed by atoms with van der Waals surface area (Å²) in [6.45, 7) is 1.95. The van der Waals surface area contributed by atoms with Crippen LogP contribution in [0.15, 0.2) is 42.6 Å². The van der Waals surface area contributed by atoms with Crippen molar-refractivity contribution in [1.82, 2.24) is 20.4 Å². The summed E-state index contributed by atoms with van der Waals surface area (Å²) >= 11 is 0. The molecular weight excluding hydrogens is 278 g/mol. The molecule has 1 aromatic carbocycles. The fraction of sp³-hybridized carbons (Fsp3) is 0.188. The molecule has 0 spiro atoms. The van der Waals surface area contributed by atoms with Crippen LogP contribution in [0.25, 0.3) is 0 Å². The van der Waals surface area contributed by atoms with Gasteiger partial charge >= 0.3 is 0 Å². The van der Waals surface area contributed by atoms with Gasteiger partial charge in [0.2, 0.25) is 0 Å². The molecule has 0 aliphatic heterocycles. The summed E-state index contributed by atoms with van der Waals surface area (Å²) in [4.78, 5) is 0. The zero-order valence-electron chi connectivity index (χ0n) is 12.5. The highest BCUT2D eigenvalue weighted by atomic mass is 16.5.